The molecule has 0 saturated carbocycles. The highest BCUT2D eigenvalue weighted by Gasteiger charge is 2.24. The van der Waals surface area contributed by atoms with Crippen molar-refractivity contribution in [3.63, 3.8) is 0 Å². The van der Waals surface area contributed by atoms with E-state index in [0.717, 1.165) is 10.8 Å². The van der Waals surface area contributed by atoms with Crippen LogP contribution in [0.25, 0.3) is 43.8 Å². The van der Waals surface area contributed by atoms with Crippen LogP contribution in [0.15, 0.2) is 109 Å². The van der Waals surface area contributed by atoms with E-state index in [-0.39, 0.29) is 11.5 Å². The van der Waals surface area contributed by atoms with Crippen molar-refractivity contribution in [1.82, 2.24) is 0 Å². The van der Waals surface area contributed by atoms with Crippen molar-refractivity contribution in [3.05, 3.63) is 129 Å². The fourth-order valence-electron chi connectivity index (χ4n) is 4.79. The van der Waals surface area contributed by atoms with Gasteiger partial charge >= 0.3 is 6.16 Å². The molecule has 0 fully saturated rings. The van der Waals surface area contributed by atoms with Crippen LogP contribution in [0.2, 0.25) is 20.1 Å². The molecule has 0 heterocycles. The zero-order valence-electron chi connectivity index (χ0n) is 20.6. The third kappa shape index (κ3) is 4.87. The second-order valence-electron chi connectivity index (χ2n) is 8.98. The Morgan fingerprint density at radius 2 is 0.850 bits per heavy atom. The molecule has 0 aliphatic carbocycles. The number of halogens is 4. The van der Waals surface area contributed by atoms with Crippen molar-refractivity contribution < 1.29 is 14.3 Å². The quantitative estimate of drug-likeness (QED) is 0.148. The lowest BCUT2D eigenvalue weighted by Gasteiger charge is -2.18. The third-order valence-electron chi connectivity index (χ3n) is 6.56. The maximum absolute atomic E-state index is 13.6. The Hall–Kier alpha value is -3.73. The van der Waals surface area contributed by atoms with Gasteiger partial charge in [-0.2, -0.15) is 0 Å². The average molecular weight is 604 g/mol. The molecule has 0 radical (unpaired) electrons. The molecule has 0 unspecified atom stereocenters. The summed E-state index contributed by atoms with van der Waals surface area (Å²) in [5, 5.41) is 4.58. The van der Waals surface area contributed by atoms with Gasteiger partial charge in [0.25, 0.3) is 0 Å². The van der Waals surface area contributed by atoms with E-state index in [0.29, 0.717) is 53.1 Å². The van der Waals surface area contributed by atoms with Crippen molar-refractivity contribution in [2.45, 2.75) is 0 Å². The Labute approximate surface area is 250 Å². The predicted octanol–water partition coefficient (Wildman–Crippen LogP) is 11.5. The summed E-state index contributed by atoms with van der Waals surface area (Å²) in [6.45, 7) is 0. The van der Waals surface area contributed by atoms with Crippen LogP contribution in [0, 0.1) is 0 Å². The molecule has 3 nitrogen and oxygen atoms in total. The van der Waals surface area contributed by atoms with Crippen LogP contribution < -0.4 is 9.47 Å². The summed E-state index contributed by atoms with van der Waals surface area (Å²) < 4.78 is 12.0. The molecule has 196 valence electrons. The zero-order valence-corrected chi connectivity index (χ0v) is 23.7. The number of carbonyl (C=O) groups excluding carboxylic acids is 1. The minimum Gasteiger partial charge on any atom is -0.393 e. The molecule has 40 heavy (non-hydrogen) atoms. The molecule has 0 spiro atoms. The minimum atomic E-state index is -0.971. The van der Waals surface area contributed by atoms with Gasteiger partial charge in [0.05, 0.1) is 10.0 Å². The first-order valence-corrected chi connectivity index (χ1v) is 13.8. The maximum atomic E-state index is 13.6. The van der Waals surface area contributed by atoms with Crippen LogP contribution in [-0.2, 0) is 0 Å². The van der Waals surface area contributed by atoms with E-state index < -0.39 is 6.16 Å². The highest BCUT2D eigenvalue weighted by molar-refractivity contribution is 6.38. The normalized spacial score (nSPS) is 11.1. The molecule has 0 aliphatic heterocycles. The van der Waals surface area contributed by atoms with Gasteiger partial charge in [0, 0.05) is 43.1 Å². The van der Waals surface area contributed by atoms with E-state index in [1.54, 1.807) is 12.1 Å². The van der Waals surface area contributed by atoms with E-state index in [9.17, 15) is 4.79 Å². The minimum absolute atomic E-state index is 0.229. The van der Waals surface area contributed by atoms with Gasteiger partial charge in [-0.15, -0.1) is 0 Å². The van der Waals surface area contributed by atoms with Gasteiger partial charge in [-0.25, -0.2) is 4.79 Å². The van der Waals surface area contributed by atoms with Gasteiger partial charge < -0.3 is 9.47 Å². The Balaban J connectivity index is 1.51. The summed E-state index contributed by atoms with van der Waals surface area (Å²) in [5.41, 5.74) is 2.19. The number of rotatable bonds is 4. The van der Waals surface area contributed by atoms with Gasteiger partial charge in [-0.1, -0.05) is 131 Å². The van der Waals surface area contributed by atoms with Crippen molar-refractivity contribution >= 4 is 74.1 Å². The lowest BCUT2D eigenvalue weighted by Crippen LogP contribution is -2.15. The second kappa shape index (κ2) is 11.0. The van der Waals surface area contributed by atoms with Gasteiger partial charge in [-0.05, 0) is 35.0 Å². The van der Waals surface area contributed by atoms with Crippen LogP contribution >= 0.6 is 46.4 Å². The molecule has 0 N–H and O–H groups in total. The van der Waals surface area contributed by atoms with Crippen LogP contribution in [0.4, 0.5) is 4.79 Å². The van der Waals surface area contributed by atoms with Crippen LogP contribution in [-0.4, -0.2) is 6.16 Å². The maximum Gasteiger partial charge on any atom is 0.519 e. The van der Waals surface area contributed by atoms with Gasteiger partial charge in [0.1, 0.15) is 0 Å². The van der Waals surface area contributed by atoms with Crippen LogP contribution in [0.5, 0.6) is 11.5 Å². The molecule has 0 atom stereocenters. The lowest BCUT2D eigenvalue weighted by molar-refractivity contribution is 0.153. The highest BCUT2D eigenvalue weighted by atomic mass is 35.5. The molecule has 6 aromatic rings. The smallest absolute Gasteiger partial charge is 0.393 e. The number of carbonyl (C=O) groups is 1. The lowest BCUT2D eigenvalue weighted by atomic mass is 9.99. The number of hydrogen-bond donors (Lipinski definition) is 0. The van der Waals surface area contributed by atoms with E-state index >= 15 is 0 Å². The number of ether oxygens (including phenoxy) is 2. The topological polar surface area (TPSA) is 35.5 Å². The van der Waals surface area contributed by atoms with Gasteiger partial charge in [0.15, 0.2) is 11.5 Å². The summed E-state index contributed by atoms with van der Waals surface area (Å²) in [6, 6.07) is 33.0. The first-order valence-electron chi connectivity index (χ1n) is 12.2. The Bertz CT molecular complexity index is 1800. The Morgan fingerprint density at radius 1 is 0.475 bits per heavy atom. The monoisotopic (exact) mass is 602 g/mol. The molecule has 0 bridgehead atoms. The highest BCUT2D eigenvalue weighted by Crippen LogP contribution is 2.47. The fraction of sp³-hybridized carbons (Fsp3) is 0. The SMILES string of the molecule is O=C(Oc1c(-c2ccccc2Cl)c(Cl)cc2ccccc12)Oc1c(-c2ccccc2Cl)c(Cl)cc2ccccc12. The molecule has 6 rings (SSSR count). The largest absolute Gasteiger partial charge is 0.519 e. The van der Waals surface area contributed by atoms with Crippen LogP contribution in [0.3, 0.4) is 0 Å². The summed E-state index contributed by atoms with van der Waals surface area (Å²) in [6.07, 6.45) is -0.971. The standard InChI is InChI=1S/C33H18Cl4O3/c34-25-15-7-5-13-23(25)29-27(36)17-19-9-1-3-11-21(19)31(29)39-33(38)40-32-22-12-4-2-10-20(22)18-28(37)30(32)24-14-6-8-16-26(24)35/h1-18H. The molecule has 0 amide bonds. The zero-order chi connectivity index (χ0) is 27.8. The molecule has 0 saturated heterocycles. The van der Waals surface area contributed by atoms with Crippen molar-refractivity contribution in [2.24, 2.45) is 0 Å². The fourth-order valence-corrected chi connectivity index (χ4v) is 5.86. The molecule has 6 aromatic carbocycles. The number of benzene rings is 6. The molecular formula is C33H18Cl4O3. The Morgan fingerprint density at radius 3 is 1.27 bits per heavy atom. The van der Waals surface area contributed by atoms with Crippen molar-refractivity contribution in [1.29, 1.82) is 0 Å². The predicted molar refractivity (Wildman–Crippen MR) is 165 cm³/mol. The van der Waals surface area contributed by atoms with Gasteiger partial charge in [0.2, 0.25) is 0 Å². The third-order valence-corrected chi connectivity index (χ3v) is 7.82. The van der Waals surface area contributed by atoms with Gasteiger partial charge in [-0.3, -0.25) is 0 Å². The molecule has 0 aliphatic rings. The first kappa shape index (κ1) is 26.5. The summed E-state index contributed by atoms with van der Waals surface area (Å²) in [5.74, 6) is 0.457. The summed E-state index contributed by atoms with van der Waals surface area (Å²) >= 11 is 26.6. The summed E-state index contributed by atoms with van der Waals surface area (Å²) in [4.78, 5) is 13.6. The second-order valence-corrected chi connectivity index (χ2v) is 10.6. The van der Waals surface area contributed by atoms with E-state index in [4.69, 9.17) is 55.9 Å². The molecule has 0 aromatic heterocycles. The average Bonchev–Trinajstić information content (AvgIpc) is 2.94. The number of fused-ring (bicyclic) bond motifs is 2. The van der Waals surface area contributed by atoms with Crippen molar-refractivity contribution in [3.8, 4) is 33.8 Å². The molecule has 7 heteroatoms. The summed E-state index contributed by atoms with van der Waals surface area (Å²) in [7, 11) is 0. The first-order chi connectivity index (χ1) is 19.4. The number of hydrogen-bond acceptors (Lipinski definition) is 3. The van der Waals surface area contributed by atoms with Crippen LogP contribution in [0.1, 0.15) is 0 Å². The van der Waals surface area contributed by atoms with E-state index in [2.05, 4.69) is 0 Å². The molecular weight excluding hydrogens is 586 g/mol. The Kier molecular flexibility index (Phi) is 7.31. The van der Waals surface area contributed by atoms with Crippen molar-refractivity contribution in [2.75, 3.05) is 0 Å². The van der Waals surface area contributed by atoms with E-state index in [1.807, 2.05) is 97.1 Å². The van der Waals surface area contributed by atoms with E-state index in [1.165, 1.54) is 0 Å².